The van der Waals surface area contributed by atoms with Gasteiger partial charge in [0.15, 0.2) is 0 Å². The summed E-state index contributed by atoms with van der Waals surface area (Å²) in [6, 6.07) is 3.66. The monoisotopic (exact) mass is 130 g/mol. The molecular weight excluding hydrogens is 123 g/mol. The first-order valence-electron chi connectivity index (χ1n) is 2.48. The molecule has 0 nitrogen and oxygen atoms in total. The van der Waals surface area contributed by atoms with Crippen LogP contribution in [0.15, 0.2) is 17.5 Å². The van der Waals surface area contributed by atoms with E-state index in [1.807, 2.05) is 11.4 Å². The van der Waals surface area contributed by atoms with E-state index in [1.54, 1.807) is 13.0 Å². The van der Waals surface area contributed by atoms with Crippen LogP contribution in [-0.4, -0.2) is 0 Å². The van der Waals surface area contributed by atoms with Crippen molar-refractivity contribution in [3.8, 4) is 0 Å². The van der Waals surface area contributed by atoms with Gasteiger partial charge in [0, 0.05) is 4.88 Å². The molecule has 0 aliphatic carbocycles. The smallest absolute Gasteiger partial charge is 0.131 e. The van der Waals surface area contributed by atoms with E-state index in [9.17, 15) is 4.39 Å². The van der Waals surface area contributed by atoms with Gasteiger partial charge in [0.25, 0.3) is 0 Å². The highest BCUT2D eigenvalue weighted by Gasteiger charge is 2.00. The Kier molecular flexibility index (Phi) is 1.63. The summed E-state index contributed by atoms with van der Waals surface area (Å²) in [4.78, 5) is 0.810. The summed E-state index contributed by atoms with van der Waals surface area (Å²) < 4.78 is 12.3. The van der Waals surface area contributed by atoms with Crippen molar-refractivity contribution < 1.29 is 4.39 Å². The Morgan fingerprint density at radius 3 is 2.75 bits per heavy atom. The van der Waals surface area contributed by atoms with E-state index in [0.29, 0.717) is 0 Å². The van der Waals surface area contributed by atoms with E-state index in [1.165, 1.54) is 11.3 Å². The lowest BCUT2D eigenvalue weighted by Crippen LogP contribution is -1.74. The zero-order chi connectivity index (χ0) is 5.98. The topological polar surface area (TPSA) is 0 Å². The van der Waals surface area contributed by atoms with Crippen molar-refractivity contribution in [2.45, 2.75) is 13.1 Å². The van der Waals surface area contributed by atoms with Gasteiger partial charge in [0.2, 0.25) is 0 Å². The number of hydrogen-bond donors (Lipinski definition) is 0. The van der Waals surface area contributed by atoms with Crippen molar-refractivity contribution in [2.24, 2.45) is 0 Å². The molecule has 0 aliphatic rings. The van der Waals surface area contributed by atoms with Crippen LogP contribution < -0.4 is 0 Å². The molecule has 1 rings (SSSR count). The van der Waals surface area contributed by atoms with Crippen LogP contribution in [0.5, 0.6) is 0 Å². The third-order valence-electron chi connectivity index (χ3n) is 0.935. The third kappa shape index (κ3) is 1.07. The van der Waals surface area contributed by atoms with E-state index < -0.39 is 6.17 Å². The first-order chi connectivity index (χ1) is 3.80. The summed E-state index contributed by atoms with van der Waals surface area (Å²) >= 11 is 1.46. The Hall–Kier alpha value is -0.370. The number of hydrogen-bond acceptors (Lipinski definition) is 1. The van der Waals surface area contributed by atoms with Crippen molar-refractivity contribution in [3.63, 3.8) is 0 Å². The lowest BCUT2D eigenvalue weighted by atomic mass is 10.3. The molecule has 2 heteroatoms. The molecular formula is C6H7FS. The van der Waals surface area contributed by atoms with Crippen molar-refractivity contribution in [3.05, 3.63) is 22.4 Å². The van der Waals surface area contributed by atoms with Gasteiger partial charge in [-0.2, -0.15) is 0 Å². The second kappa shape index (κ2) is 2.27. The van der Waals surface area contributed by atoms with Gasteiger partial charge < -0.3 is 0 Å². The van der Waals surface area contributed by atoms with Gasteiger partial charge in [0.05, 0.1) is 0 Å². The maximum atomic E-state index is 12.3. The van der Waals surface area contributed by atoms with Crippen molar-refractivity contribution >= 4 is 11.3 Å². The molecule has 0 aromatic carbocycles. The lowest BCUT2D eigenvalue weighted by Gasteiger charge is -1.91. The first kappa shape index (κ1) is 5.76. The summed E-state index contributed by atoms with van der Waals surface area (Å²) in [5.41, 5.74) is 0. The maximum Gasteiger partial charge on any atom is 0.131 e. The number of alkyl halides is 1. The summed E-state index contributed by atoms with van der Waals surface area (Å²) in [5.74, 6) is 0. The molecule has 0 amide bonds. The molecule has 1 unspecified atom stereocenters. The van der Waals surface area contributed by atoms with Crippen LogP contribution in [0, 0.1) is 0 Å². The second-order valence-corrected chi connectivity index (χ2v) is 2.61. The first-order valence-corrected chi connectivity index (χ1v) is 3.36. The molecule has 0 fully saturated rings. The summed E-state index contributed by atoms with van der Waals surface area (Å²) in [5, 5.41) is 1.88. The average molecular weight is 130 g/mol. The van der Waals surface area contributed by atoms with Crippen LogP contribution in [0.25, 0.3) is 0 Å². The Morgan fingerprint density at radius 1 is 1.75 bits per heavy atom. The van der Waals surface area contributed by atoms with Crippen LogP contribution in [0.2, 0.25) is 0 Å². The quantitative estimate of drug-likeness (QED) is 0.548. The molecule has 0 spiro atoms. The lowest BCUT2D eigenvalue weighted by molar-refractivity contribution is 0.380. The van der Waals surface area contributed by atoms with Crippen LogP contribution >= 0.6 is 11.3 Å². The Morgan fingerprint density at radius 2 is 2.50 bits per heavy atom. The highest BCUT2D eigenvalue weighted by Crippen LogP contribution is 2.20. The van der Waals surface area contributed by atoms with Crippen molar-refractivity contribution in [1.82, 2.24) is 0 Å². The van der Waals surface area contributed by atoms with Gasteiger partial charge in [-0.25, -0.2) is 4.39 Å². The summed E-state index contributed by atoms with van der Waals surface area (Å²) in [6.45, 7) is 1.55. The zero-order valence-corrected chi connectivity index (χ0v) is 5.41. The molecule has 0 bridgehead atoms. The van der Waals surface area contributed by atoms with Crippen LogP contribution in [0.1, 0.15) is 18.0 Å². The minimum absolute atomic E-state index is 0.796. The van der Waals surface area contributed by atoms with Gasteiger partial charge >= 0.3 is 0 Å². The van der Waals surface area contributed by atoms with E-state index in [2.05, 4.69) is 0 Å². The van der Waals surface area contributed by atoms with E-state index in [0.717, 1.165) is 4.88 Å². The van der Waals surface area contributed by atoms with Gasteiger partial charge in [0.1, 0.15) is 6.17 Å². The average Bonchev–Trinajstić information content (AvgIpc) is 2.12. The van der Waals surface area contributed by atoms with E-state index in [4.69, 9.17) is 0 Å². The predicted octanol–water partition coefficient (Wildman–Crippen LogP) is 2.78. The van der Waals surface area contributed by atoms with Gasteiger partial charge in [-0.3, -0.25) is 0 Å². The molecule has 0 radical (unpaired) electrons. The van der Waals surface area contributed by atoms with Gasteiger partial charge in [-0.1, -0.05) is 6.07 Å². The zero-order valence-electron chi connectivity index (χ0n) is 4.60. The van der Waals surface area contributed by atoms with Crippen LogP contribution in [0.3, 0.4) is 0 Å². The number of thiophene rings is 1. The van der Waals surface area contributed by atoms with Gasteiger partial charge in [-0.15, -0.1) is 11.3 Å². The standard InChI is InChI=1S/C6H7FS/c1-5(7)6-3-2-4-8-6/h2-5H,1H3. The van der Waals surface area contributed by atoms with E-state index >= 15 is 0 Å². The highest BCUT2D eigenvalue weighted by atomic mass is 32.1. The largest absolute Gasteiger partial charge is 0.242 e. The van der Waals surface area contributed by atoms with Gasteiger partial charge in [-0.05, 0) is 18.4 Å². The van der Waals surface area contributed by atoms with Crippen molar-refractivity contribution in [2.75, 3.05) is 0 Å². The SMILES string of the molecule is CC(F)c1cccs1. The minimum atomic E-state index is -0.796. The number of rotatable bonds is 1. The fraction of sp³-hybridized carbons (Fsp3) is 0.333. The second-order valence-electron chi connectivity index (χ2n) is 1.63. The van der Waals surface area contributed by atoms with E-state index in [-0.39, 0.29) is 0 Å². The fourth-order valence-electron chi connectivity index (χ4n) is 0.518. The molecule has 1 atom stereocenters. The molecule has 8 heavy (non-hydrogen) atoms. The predicted molar refractivity (Wildman–Crippen MR) is 33.8 cm³/mol. The van der Waals surface area contributed by atoms with Crippen LogP contribution in [0.4, 0.5) is 4.39 Å². The fourth-order valence-corrected chi connectivity index (χ4v) is 1.18. The summed E-state index contributed by atoms with van der Waals surface area (Å²) in [6.07, 6.45) is -0.796. The molecule has 0 aliphatic heterocycles. The Balaban J connectivity index is 2.77. The van der Waals surface area contributed by atoms with Crippen molar-refractivity contribution in [1.29, 1.82) is 0 Å². The number of halogens is 1. The molecule has 44 valence electrons. The molecule has 1 aromatic rings. The molecule has 0 saturated carbocycles. The Bertz CT molecular complexity index is 144. The minimum Gasteiger partial charge on any atom is -0.242 e. The maximum absolute atomic E-state index is 12.3. The normalized spacial score (nSPS) is 13.8. The summed E-state index contributed by atoms with van der Waals surface area (Å²) in [7, 11) is 0. The molecule has 0 saturated heterocycles. The third-order valence-corrected chi connectivity index (χ3v) is 1.96. The van der Waals surface area contributed by atoms with Crippen LogP contribution in [-0.2, 0) is 0 Å². The highest BCUT2D eigenvalue weighted by molar-refractivity contribution is 7.10. The molecule has 1 aromatic heterocycles. The molecule has 1 heterocycles. The Labute approximate surface area is 52.0 Å². The molecule has 0 N–H and O–H groups in total.